The molecule has 2 heterocycles. The van der Waals surface area contributed by atoms with E-state index in [1.165, 1.54) is 5.56 Å². The molecule has 0 radical (unpaired) electrons. The first kappa shape index (κ1) is 18.3. The fraction of sp³-hybridized carbons (Fsp3) is 0.381. The number of rotatable bonds is 3. The van der Waals surface area contributed by atoms with Crippen molar-refractivity contribution in [3.8, 4) is 11.5 Å². The van der Waals surface area contributed by atoms with Crippen LogP contribution in [0.15, 0.2) is 40.9 Å². The molecule has 2 aromatic carbocycles. The summed E-state index contributed by atoms with van der Waals surface area (Å²) >= 11 is 3.46. The third-order valence-corrected chi connectivity index (χ3v) is 6.38. The summed E-state index contributed by atoms with van der Waals surface area (Å²) in [7, 11) is 1.61. The van der Waals surface area contributed by atoms with Gasteiger partial charge in [-0.1, -0.05) is 12.1 Å². The maximum atomic E-state index is 12.9. The van der Waals surface area contributed by atoms with E-state index in [1.54, 1.807) is 7.11 Å². The predicted molar refractivity (Wildman–Crippen MR) is 107 cm³/mol. The average molecular weight is 431 g/mol. The molecule has 2 aliphatic rings. The second kappa shape index (κ2) is 7.17. The molecule has 142 valence electrons. The molecule has 0 aliphatic carbocycles. The van der Waals surface area contributed by atoms with Gasteiger partial charge >= 0.3 is 0 Å². The van der Waals surface area contributed by atoms with Crippen LogP contribution in [0.2, 0.25) is 0 Å². The lowest BCUT2D eigenvalue weighted by atomic mass is 9.74. The van der Waals surface area contributed by atoms with Crippen LogP contribution in [0.1, 0.15) is 34.3 Å². The number of fused-ring (bicyclic) bond motifs is 2. The Morgan fingerprint density at radius 2 is 2.04 bits per heavy atom. The molecule has 6 heteroatoms. The van der Waals surface area contributed by atoms with E-state index in [-0.39, 0.29) is 11.3 Å². The standard InChI is InChI=1S/C21H23BrN2O3/c1-26-19-5-3-15(11-17(19)22)20(25)24-8-6-21(7-9-24)13-27-18-4-2-14(12-23)10-16(18)21/h2-5,10-11H,6-9,12-13,23H2,1H3. The van der Waals surface area contributed by atoms with Crippen LogP contribution in [0.4, 0.5) is 0 Å². The van der Waals surface area contributed by atoms with Crippen molar-refractivity contribution in [3.05, 3.63) is 57.6 Å². The number of nitrogens with two attached hydrogens (primary N) is 1. The van der Waals surface area contributed by atoms with E-state index in [0.29, 0.717) is 18.7 Å². The predicted octanol–water partition coefficient (Wildman–Crippen LogP) is 3.48. The molecule has 0 aromatic heterocycles. The van der Waals surface area contributed by atoms with Gasteiger partial charge in [0.05, 0.1) is 18.2 Å². The quantitative estimate of drug-likeness (QED) is 0.809. The number of methoxy groups -OCH3 is 1. The zero-order valence-corrected chi connectivity index (χ0v) is 16.9. The van der Waals surface area contributed by atoms with Crippen molar-refractivity contribution in [3.63, 3.8) is 0 Å². The summed E-state index contributed by atoms with van der Waals surface area (Å²) in [5.41, 5.74) is 8.87. The van der Waals surface area contributed by atoms with Crippen LogP contribution in [0.25, 0.3) is 0 Å². The number of ether oxygens (including phenoxy) is 2. The van der Waals surface area contributed by atoms with Gasteiger partial charge in [-0.2, -0.15) is 0 Å². The zero-order valence-electron chi connectivity index (χ0n) is 15.3. The highest BCUT2D eigenvalue weighted by Crippen LogP contribution is 2.46. The number of carbonyl (C=O) groups excluding carboxylic acids is 1. The third kappa shape index (κ3) is 3.21. The molecule has 2 N–H and O–H groups in total. The number of hydrogen-bond acceptors (Lipinski definition) is 4. The Bertz CT molecular complexity index is 876. The molecule has 27 heavy (non-hydrogen) atoms. The third-order valence-electron chi connectivity index (χ3n) is 5.76. The maximum absolute atomic E-state index is 12.9. The van der Waals surface area contributed by atoms with Gasteiger partial charge in [-0.05, 0) is 58.6 Å². The van der Waals surface area contributed by atoms with Crippen molar-refractivity contribution in [2.45, 2.75) is 24.8 Å². The minimum absolute atomic E-state index is 0.00220. The molecule has 1 spiro atoms. The minimum atomic E-state index is -0.00220. The van der Waals surface area contributed by atoms with Gasteiger partial charge in [0.1, 0.15) is 11.5 Å². The van der Waals surface area contributed by atoms with Crippen LogP contribution < -0.4 is 15.2 Å². The van der Waals surface area contributed by atoms with Crippen molar-refractivity contribution in [2.24, 2.45) is 5.73 Å². The van der Waals surface area contributed by atoms with Gasteiger partial charge in [0.2, 0.25) is 0 Å². The van der Waals surface area contributed by atoms with E-state index in [2.05, 4.69) is 22.0 Å². The number of hydrogen-bond donors (Lipinski definition) is 1. The van der Waals surface area contributed by atoms with Crippen molar-refractivity contribution >= 4 is 21.8 Å². The number of amides is 1. The fourth-order valence-corrected chi connectivity index (χ4v) is 4.61. The van der Waals surface area contributed by atoms with Gasteiger partial charge in [-0.25, -0.2) is 0 Å². The number of benzene rings is 2. The Hall–Kier alpha value is -2.05. The van der Waals surface area contributed by atoms with Crippen molar-refractivity contribution < 1.29 is 14.3 Å². The average Bonchev–Trinajstić information content (AvgIpc) is 3.05. The van der Waals surface area contributed by atoms with Crippen LogP contribution in [0.5, 0.6) is 11.5 Å². The Morgan fingerprint density at radius 3 is 2.70 bits per heavy atom. The highest BCUT2D eigenvalue weighted by atomic mass is 79.9. The number of likely N-dealkylation sites (tertiary alicyclic amines) is 1. The second-order valence-corrected chi connectivity index (χ2v) is 8.10. The van der Waals surface area contributed by atoms with Crippen molar-refractivity contribution in [1.82, 2.24) is 4.90 Å². The second-order valence-electron chi connectivity index (χ2n) is 7.25. The van der Waals surface area contributed by atoms with Gasteiger partial charge in [0.25, 0.3) is 5.91 Å². The molecule has 2 aromatic rings. The Kier molecular flexibility index (Phi) is 4.86. The number of carbonyl (C=O) groups is 1. The van der Waals surface area contributed by atoms with Crippen LogP contribution in [-0.4, -0.2) is 37.6 Å². The highest BCUT2D eigenvalue weighted by molar-refractivity contribution is 9.10. The molecule has 1 amide bonds. The fourth-order valence-electron chi connectivity index (χ4n) is 4.07. The molecule has 5 nitrogen and oxygen atoms in total. The van der Waals surface area contributed by atoms with Crippen molar-refractivity contribution in [2.75, 3.05) is 26.8 Å². The van der Waals surface area contributed by atoms with Gasteiger partial charge in [-0.3, -0.25) is 4.79 Å². The van der Waals surface area contributed by atoms with Crippen LogP contribution in [0.3, 0.4) is 0 Å². The molecule has 4 rings (SSSR count). The van der Waals surface area contributed by atoms with Gasteiger partial charge in [0, 0.05) is 36.2 Å². The summed E-state index contributed by atoms with van der Waals surface area (Å²) in [6.45, 7) is 2.66. The summed E-state index contributed by atoms with van der Waals surface area (Å²) in [5, 5.41) is 0. The van der Waals surface area contributed by atoms with Crippen molar-refractivity contribution in [1.29, 1.82) is 0 Å². The molecule has 0 unspecified atom stereocenters. The maximum Gasteiger partial charge on any atom is 0.253 e. The highest BCUT2D eigenvalue weighted by Gasteiger charge is 2.43. The monoisotopic (exact) mass is 430 g/mol. The summed E-state index contributed by atoms with van der Waals surface area (Å²) in [6.07, 6.45) is 1.80. The molecule has 2 aliphatic heterocycles. The largest absolute Gasteiger partial charge is 0.496 e. The summed E-state index contributed by atoms with van der Waals surface area (Å²) in [6, 6.07) is 11.7. The number of piperidine rings is 1. The molecular formula is C21H23BrN2O3. The van der Waals surface area contributed by atoms with E-state index < -0.39 is 0 Å². The molecule has 1 saturated heterocycles. The topological polar surface area (TPSA) is 64.8 Å². The van der Waals surface area contributed by atoms with Crippen LogP contribution in [-0.2, 0) is 12.0 Å². The zero-order chi connectivity index (χ0) is 19.0. The Labute approximate surface area is 167 Å². The summed E-state index contributed by atoms with van der Waals surface area (Å²) in [4.78, 5) is 14.9. The molecule has 0 saturated carbocycles. The minimum Gasteiger partial charge on any atom is -0.496 e. The molecule has 0 bridgehead atoms. The number of halogens is 1. The summed E-state index contributed by atoms with van der Waals surface area (Å²) < 4.78 is 12.0. The van der Waals surface area contributed by atoms with Gasteiger partial charge < -0.3 is 20.1 Å². The Morgan fingerprint density at radius 1 is 1.26 bits per heavy atom. The first-order chi connectivity index (χ1) is 13.1. The SMILES string of the molecule is COc1ccc(C(=O)N2CCC3(CC2)COc2ccc(CN)cc23)cc1Br. The first-order valence-electron chi connectivity index (χ1n) is 9.15. The number of nitrogens with zero attached hydrogens (tertiary/aromatic N) is 1. The van der Waals surface area contributed by atoms with Gasteiger partial charge in [0.15, 0.2) is 0 Å². The smallest absolute Gasteiger partial charge is 0.253 e. The normalized spacial score (nSPS) is 17.5. The van der Waals surface area contributed by atoms with Crippen LogP contribution in [0, 0.1) is 0 Å². The van der Waals surface area contributed by atoms with Gasteiger partial charge in [-0.15, -0.1) is 0 Å². The summed E-state index contributed by atoms with van der Waals surface area (Å²) in [5.74, 6) is 1.74. The first-order valence-corrected chi connectivity index (χ1v) is 9.95. The Balaban J connectivity index is 1.50. The van der Waals surface area contributed by atoms with E-state index in [0.717, 1.165) is 47.5 Å². The van der Waals surface area contributed by atoms with E-state index >= 15 is 0 Å². The lowest BCUT2D eigenvalue weighted by Gasteiger charge is -2.38. The van der Waals surface area contributed by atoms with E-state index in [9.17, 15) is 4.79 Å². The lowest BCUT2D eigenvalue weighted by molar-refractivity contribution is 0.0646. The molecule has 1 fully saturated rings. The lowest BCUT2D eigenvalue weighted by Crippen LogP contribution is -2.46. The van der Waals surface area contributed by atoms with Crippen LogP contribution >= 0.6 is 15.9 Å². The van der Waals surface area contributed by atoms with E-state index in [1.807, 2.05) is 35.2 Å². The van der Waals surface area contributed by atoms with E-state index in [4.69, 9.17) is 15.2 Å². The molecule has 0 atom stereocenters. The molecular weight excluding hydrogens is 408 g/mol.